The Balaban J connectivity index is 0.000000451. The van der Waals surface area contributed by atoms with Crippen molar-refractivity contribution in [1.29, 1.82) is 0 Å². The van der Waals surface area contributed by atoms with Crippen molar-refractivity contribution in [2.75, 3.05) is 11.3 Å². The second-order valence-corrected chi connectivity index (χ2v) is 10.5. The van der Waals surface area contributed by atoms with E-state index in [0.29, 0.717) is 18.2 Å². The standard InChI is InChI=1S/C18H22N2O3S2.C2HF3O2/c1-13(2)12-19-17(21)18(9-10-18)14-5-7-15(8-6-14)20-25(22,23)16-4-3-11-24-16;3-2(4,5)1(6)7/h3-8,11,13,20H,9-10,12H2,1-2H3,(H,19,21);(H,6,7). The van der Waals surface area contributed by atoms with Gasteiger partial charge in [-0.05, 0) is 47.9 Å². The fourth-order valence-electron chi connectivity index (χ4n) is 2.72. The Morgan fingerprint density at radius 1 is 1.16 bits per heavy atom. The third-order valence-electron chi connectivity index (χ3n) is 4.55. The topological polar surface area (TPSA) is 113 Å². The van der Waals surface area contributed by atoms with Gasteiger partial charge >= 0.3 is 12.1 Å². The Morgan fingerprint density at radius 3 is 2.12 bits per heavy atom. The minimum Gasteiger partial charge on any atom is -0.475 e. The number of carbonyl (C=O) groups is 2. The predicted octanol–water partition coefficient (Wildman–Crippen LogP) is 3.99. The van der Waals surface area contributed by atoms with E-state index >= 15 is 0 Å². The number of thiophene rings is 1. The molecular weight excluding hydrogens is 469 g/mol. The first-order valence-corrected chi connectivity index (χ1v) is 11.9. The fourth-order valence-corrected chi connectivity index (χ4v) is 4.77. The van der Waals surface area contributed by atoms with Crippen LogP contribution in [0.25, 0.3) is 0 Å². The van der Waals surface area contributed by atoms with Gasteiger partial charge in [-0.3, -0.25) is 9.52 Å². The fraction of sp³-hybridized carbons (Fsp3) is 0.400. The average Bonchev–Trinajstić information content (AvgIpc) is 3.30. The Kier molecular flexibility index (Phi) is 7.94. The van der Waals surface area contributed by atoms with E-state index in [-0.39, 0.29) is 10.1 Å². The number of carboxylic acids is 1. The van der Waals surface area contributed by atoms with Crippen LogP contribution in [0, 0.1) is 5.92 Å². The summed E-state index contributed by atoms with van der Waals surface area (Å²) in [5.74, 6) is -2.28. The molecule has 0 unspecified atom stereocenters. The quantitative estimate of drug-likeness (QED) is 0.541. The number of carbonyl (C=O) groups excluding carboxylic acids is 1. The number of carboxylic acid groups (broad SMARTS) is 1. The second-order valence-electron chi connectivity index (χ2n) is 7.60. The largest absolute Gasteiger partial charge is 0.490 e. The summed E-state index contributed by atoms with van der Waals surface area (Å²) in [4.78, 5) is 21.4. The highest BCUT2D eigenvalue weighted by Crippen LogP contribution is 2.48. The lowest BCUT2D eigenvalue weighted by Crippen LogP contribution is -2.36. The minimum absolute atomic E-state index is 0.0631. The number of nitrogens with one attached hydrogen (secondary N) is 2. The first kappa shape index (κ1) is 25.7. The van der Waals surface area contributed by atoms with E-state index < -0.39 is 27.6 Å². The van der Waals surface area contributed by atoms with Gasteiger partial charge in [-0.1, -0.05) is 32.0 Å². The molecule has 1 aromatic heterocycles. The molecule has 3 N–H and O–H groups in total. The summed E-state index contributed by atoms with van der Waals surface area (Å²) in [6.07, 6.45) is -3.42. The van der Waals surface area contributed by atoms with Gasteiger partial charge in [0.1, 0.15) is 4.21 Å². The first-order chi connectivity index (χ1) is 14.8. The van der Waals surface area contributed by atoms with E-state index in [2.05, 4.69) is 23.9 Å². The summed E-state index contributed by atoms with van der Waals surface area (Å²) < 4.78 is 59.1. The molecule has 32 heavy (non-hydrogen) atoms. The highest BCUT2D eigenvalue weighted by molar-refractivity contribution is 7.94. The van der Waals surface area contributed by atoms with Gasteiger partial charge in [0.05, 0.1) is 5.41 Å². The highest BCUT2D eigenvalue weighted by atomic mass is 32.2. The molecule has 1 aliphatic carbocycles. The molecule has 1 amide bonds. The van der Waals surface area contributed by atoms with Gasteiger partial charge in [-0.15, -0.1) is 11.3 Å². The van der Waals surface area contributed by atoms with E-state index in [1.807, 2.05) is 12.1 Å². The van der Waals surface area contributed by atoms with Crippen LogP contribution in [0.2, 0.25) is 0 Å². The van der Waals surface area contributed by atoms with Gasteiger partial charge in [0.2, 0.25) is 5.91 Å². The van der Waals surface area contributed by atoms with Crippen molar-refractivity contribution in [3.05, 3.63) is 47.3 Å². The zero-order valence-corrected chi connectivity index (χ0v) is 18.9. The van der Waals surface area contributed by atoms with E-state index in [1.165, 1.54) is 11.3 Å². The molecule has 1 fully saturated rings. The monoisotopic (exact) mass is 492 g/mol. The van der Waals surface area contributed by atoms with E-state index in [9.17, 15) is 26.4 Å². The molecule has 1 saturated carbocycles. The van der Waals surface area contributed by atoms with Gasteiger partial charge < -0.3 is 10.4 Å². The number of benzene rings is 1. The smallest absolute Gasteiger partial charge is 0.475 e. The number of aliphatic carboxylic acids is 1. The van der Waals surface area contributed by atoms with Gasteiger partial charge in [0, 0.05) is 12.2 Å². The third kappa shape index (κ3) is 6.70. The number of amides is 1. The Labute approximate surface area is 187 Å². The molecule has 0 saturated heterocycles. The van der Waals surface area contributed by atoms with Crippen molar-refractivity contribution in [2.24, 2.45) is 5.92 Å². The predicted molar refractivity (Wildman–Crippen MR) is 114 cm³/mol. The number of hydrogen-bond donors (Lipinski definition) is 3. The van der Waals surface area contributed by atoms with Crippen molar-refractivity contribution in [1.82, 2.24) is 5.32 Å². The summed E-state index contributed by atoms with van der Waals surface area (Å²) in [5, 5.41) is 11.9. The van der Waals surface area contributed by atoms with Crippen molar-refractivity contribution < 1.29 is 36.3 Å². The van der Waals surface area contributed by atoms with Crippen LogP contribution in [0.4, 0.5) is 18.9 Å². The molecule has 0 aliphatic heterocycles. The van der Waals surface area contributed by atoms with Crippen molar-refractivity contribution >= 4 is 38.9 Å². The number of rotatable bonds is 7. The summed E-state index contributed by atoms with van der Waals surface area (Å²) in [6.45, 7) is 4.79. The third-order valence-corrected chi connectivity index (χ3v) is 7.33. The molecule has 0 bridgehead atoms. The van der Waals surface area contributed by atoms with E-state index in [1.54, 1.807) is 29.6 Å². The van der Waals surface area contributed by atoms with Crippen molar-refractivity contribution in [3.63, 3.8) is 0 Å². The van der Waals surface area contributed by atoms with E-state index in [0.717, 1.165) is 18.4 Å². The van der Waals surface area contributed by atoms with Crippen molar-refractivity contribution in [2.45, 2.75) is 42.5 Å². The van der Waals surface area contributed by atoms with Crippen LogP contribution >= 0.6 is 11.3 Å². The molecule has 0 radical (unpaired) electrons. The first-order valence-electron chi connectivity index (χ1n) is 9.53. The lowest BCUT2D eigenvalue weighted by molar-refractivity contribution is -0.192. The Hall–Kier alpha value is -2.60. The van der Waals surface area contributed by atoms with Gasteiger partial charge in [0.15, 0.2) is 0 Å². The lowest BCUT2D eigenvalue weighted by Gasteiger charge is -2.17. The number of sulfonamides is 1. The average molecular weight is 493 g/mol. The minimum atomic E-state index is -5.08. The molecule has 176 valence electrons. The number of alkyl halides is 3. The molecule has 3 rings (SSSR count). The van der Waals surface area contributed by atoms with Crippen LogP contribution in [0.1, 0.15) is 32.3 Å². The number of anilines is 1. The molecule has 1 aromatic carbocycles. The Morgan fingerprint density at radius 2 is 1.72 bits per heavy atom. The molecule has 1 heterocycles. The summed E-state index contributed by atoms with van der Waals surface area (Å²) in [7, 11) is -3.55. The summed E-state index contributed by atoms with van der Waals surface area (Å²) in [5.41, 5.74) is 0.989. The lowest BCUT2D eigenvalue weighted by atomic mass is 9.94. The zero-order valence-electron chi connectivity index (χ0n) is 17.3. The van der Waals surface area contributed by atoms with Crippen LogP contribution in [-0.2, 0) is 25.0 Å². The van der Waals surface area contributed by atoms with Crippen LogP contribution in [0.3, 0.4) is 0 Å². The van der Waals surface area contributed by atoms with Crippen molar-refractivity contribution in [3.8, 4) is 0 Å². The maximum Gasteiger partial charge on any atom is 0.490 e. The maximum absolute atomic E-state index is 12.5. The molecule has 2 aromatic rings. The Bertz CT molecular complexity index is 1030. The molecule has 0 atom stereocenters. The molecular formula is C20H23F3N2O5S2. The van der Waals surface area contributed by atoms with Crippen LogP contribution in [0.15, 0.2) is 46.0 Å². The van der Waals surface area contributed by atoms with Gasteiger partial charge in [0.25, 0.3) is 10.0 Å². The van der Waals surface area contributed by atoms with Gasteiger partial charge in [-0.25, -0.2) is 13.2 Å². The molecule has 12 heteroatoms. The van der Waals surface area contributed by atoms with E-state index in [4.69, 9.17) is 9.90 Å². The highest BCUT2D eigenvalue weighted by Gasteiger charge is 2.51. The normalized spacial score (nSPS) is 14.8. The molecule has 0 spiro atoms. The molecule has 7 nitrogen and oxygen atoms in total. The SMILES string of the molecule is CC(C)CNC(=O)C1(c2ccc(NS(=O)(=O)c3cccs3)cc2)CC1.O=C(O)C(F)(F)F. The molecule has 1 aliphatic rings. The maximum atomic E-state index is 12.5. The van der Waals surface area contributed by atoms with Crippen LogP contribution in [-0.4, -0.2) is 38.1 Å². The second kappa shape index (κ2) is 9.90. The van der Waals surface area contributed by atoms with Gasteiger partial charge in [-0.2, -0.15) is 13.2 Å². The number of hydrogen-bond acceptors (Lipinski definition) is 5. The number of halogens is 3. The zero-order chi connectivity index (χ0) is 24.2. The summed E-state index contributed by atoms with van der Waals surface area (Å²) >= 11 is 1.17. The van der Waals surface area contributed by atoms with Crippen LogP contribution < -0.4 is 10.0 Å². The van der Waals surface area contributed by atoms with Crippen LogP contribution in [0.5, 0.6) is 0 Å². The summed E-state index contributed by atoms with van der Waals surface area (Å²) in [6, 6.07) is 10.4.